The molecule has 14 heavy (non-hydrogen) atoms. The van der Waals surface area contributed by atoms with E-state index >= 15 is 0 Å². The fourth-order valence-electron chi connectivity index (χ4n) is 2.21. The molecule has 1 unspecified atom stereocenters. The third-order valence-corrected chi connectivity index (χ3v) is 3.21. The molecule has 1 saturated heterocycles. The number of unbranched alkanes of at least 4 members (excludes halogenated alkanes) is 3. The summed E-state index contributed by atoms with van der Waals surface area (Å²) in [6.45, 7) is 4.06. The zero-order valence-electron chi connectivity index (χ0n) is 9.45. The lowest BCUT2D eigenvalue weighted by atomic mass is 9.90. The maximum atomic E-state index is 14.2. The molecule has 0 amide bonds. The first-order valence-electron chi connectivity index (χ1n) is 6.16. The minimum absolute atomic E-state index is 0.721. The maximum absolute atomic E-state index is 14.2. The highest BCUT2D eigenvalue weighted by atomic mass is 19.1. The zero-order chi connectivity index (χ0) is 10.3. The van der Waals surface area contributed by atoms with E-state index in [-0.39, 0.29) is 0 Å². The van der Waals surface area contributed by atoms with Gasteiger partial charge < -0.3 is 5.32 Å². The second-order valence-corrected chi connectivity index (χ2v) is 4.57. The number of halogens is 1. The van der Waals surface area contributed by atoms with Crippen LogP contribution in [0.4, 0.5) is 4.39 Å². The number of hydrogen-bond donors (Lipinski definition) is 1. The Balaban J connectivity index is 2.17. The lowest BCUT2D eigenvalue weighted by Gasteiger charge is -2.22. The molecule has 1 N–H and O–H groups in total. The van der Waals surface area contributed by atoms with E-state index in [2.05, 4.69) is 12.2 Å². The van der Waals surface area contributed by atoms with Crippen LogP contribution < -0.4 is 5.32 Å². The molecule has 0 aromatic heterocycles. The van der Waals surface area contributed by atoms with E-state index < -0.39 is 5.67 Å². The van der Waals surface area contributed by atoms with Crippen LogP contribution in [0.1, 0.15) is 58.3 Å². The fourth-order valence-corrected chi connectivity index (χ4v) is 2.21. The van der Waals surface area contributed by atoms with Crippen molar-refractivity contribution in [1.29, 1.82) is 0 Å². The van der Waals surface area contributed by atoms with Crippen molar-refractivity contribution >= 4 is 0 Å². The van der Waals surface area contributed by atoms with Crippen LogP contribution in [-0.2, 0) is 0 Å². The van der Waals surface area contributed by atoms with E-state index in [0.717, 1.165) is 45.2 Å². The van der Waals surface area contributed by atoms with E-state index in [9.17, 15) is 4.39 Å². The Morgan fingerprint density at radius 1 is 1.14 bits per heavy atom. The number of nitrogens with one attached hydrogen (secondary N) is 1. The molecule has 0 aromatic carbocycles. The van der Waals surface area contributed by atoms with Crippen LogP contribution in [-0.4, -0.2) is 18.8 Å². The Hall–Kier alpha value is -0.110. The molecule has 0 aromatic rings. The molecule has 1 aliphatic rings. The largest absolute Gasteiger partial charge is 0.317 e. The summed E-state index contributed by atoms with van der Waals surface area (Å²) in [5.74, 6) is 0. The summed E-state index contributed by atoms with van der Waals surface area (Å²) >= 11 is 0. The van der Waals surface area contributed by atoms with Crippen molar-refractivity contribution in [1.82, 2.24) is 5.32 Å². The summed E-state index contributed by atoms with van der Waals surface area (Å²) in [6.07, 6.45) is 8.05. The molecule has 0 aliphatic carbocycles. The molecule has 84 valence electrons. The Bertz CT molecular complexity index is 139. The van der Waals surface area contributed by atoms with E-state index in [0.29, 0.717) is 0 Å². The van der Waals surface area contributed by atoms with E-state index in [1.165, 1.54) is 19.3 Å². The highest BCUT2D eigenvalue weighted by molar-refractivity contribution is 4.82. The van der Waals surface area contributed by atoms with Crippen molar-refractivity contribution in [3.8, 4) is 0 Å². The molecule has 1 rings (SSSR count). The lowest BCUT2D eigenvalue weighted by molar-refractivity contribution is 0.127. The fraction of sp³-hybridized carbons (Fsp3) is 1.00. The number of rotatable bonds is 5. The molecular formula is C12H24FN. The maximum Gasteiger partial charge on any atom is 0.112 e. The van der Waals surface area contributed by atoms with Gasteiger partial charge in [-0.1, -0.05) is 32.6 Å². The van der Waals surface area contributed by atoms with Gasteiger partial charge in [0.25, 0.3) is 0 Å². The summed E-state index contributed by atoms with van der Waals surface area (Å²) in [4.78, 5) is 0. The van der Waals surface area contributed by atoms with Crippen molar-refractivity contribution in [2.24, 2.45) is 0 Å². The van der Waals surface area contributed by atoms with Crippen molar-refractivity contribution < 1.29 is 4.39 Å². The highest BCUT2D eigenvalue weighted by Gasteiger charge is 2.29. The molecule has 2 heteroatoms. The minimum atomic E-state index is -0.850. The predicted molar refractivity (Wildman–Crippen MR) is 59.3 cm³/mol. The van der Waals surface area contributed by atoms with Crippen LogP contribution in [0.5, 0.6) is 0 Å². The van der Waals surface area contributed by atoms with Crippen molar-refractivity contribution in [2.75, 3.05) is 13.1 Å². The lowest BCUT2D eigenvalue weighted by Crippen LogP contribution is -2.24. The number of alkyl halides is 1. The van der Waals surface area contributed by atoms with Gasteiger partial charge in [0.05, 0.1) is 0 Å². The number of hydrogen-bond acceptors (Lipinski definition) is 1. The Morgan fingerprint density at radius 3 is 2.79 bits per heavy atom. The second-order valence-electron chi connectivity index (χ2n) is 4.57. The third kappa shape index (κ3) is 4.41. The Labute approximate surface area is 87.5 Å². The van der Waals surface area contributed by atoms with E-state index in [1.807, 2.05) is 0 Å². The van der Waals surface area contributed by atoms with Gasteiger partial charge in [0.1, 0.15) is 5.67 Å². The standard InChI is InChI=1S/C12H24FN/c1-2-3-4-5-7-12(13)8-6-10-14-11-9-12/h14H,2-11H2,1H3. The quantitative estimate of drug-likeness (QED) is 0.672. The summed E-state index contributed by atoms with van der Waals surface area (Å²) < 4.78 is 14.2. The first-order chi connectivity index (χ1) is 6.77. The minimum Gasteiger partial charge on any atom is -0.317 e. The molecule has 0 bridgehead atoms. The Morgan fingerprint density at radius 2 is 2.00 bits per heavy atom. The normalized spacial score (nSPS) is 28.7. The van der Waals surface area contributed by atoms with Crippen LogP contribution in [0.3, 0.4) is 0 Å². The van der Waals surface area contributed by atoms with Crippen LogP contribution in [0.25, 0.3) is 0 Å². The van der Waals surface area contributed by atoms with Gasteiger partial charge in [-0.3, -0.25) is 0 Å². The topological polar surface area (TPSA) is 12.0 Å². The van der Waals surface area contributed by atoms with Gasteiger partial charge >= 0.3 is 0 Å². The summed E-state index contributed by atoms with van der Waals surface area (Å²) in [7, 11) is 0. The van der Waals surface area contributed by atoms with Crippen molar-refractivity contribution in [3.05, 3.63) is 0 Å². The smallest absolute Gasteiger partial charge is 0.112 e. The van der Waals surface area contributed by atoms with Crippen LogP contribution in [0.2, 0.25) is 0 Å². The van der Waals surface area contributed by atoms with Gasteiger partial charge in [-0.15, -0.1) is 0 Å². The summed E-state index contributed by atoms with van der Waals surface area (Å²) in [5.41, 5.74) is -0.850. The van der Waals surface area contributed by atoms with Gasteiger partial charge in [0, 0.05) is 0 Å². The summed E-state index contributed by atoms with van der Waals surface area (Å²) in [5, 5.41) is 3.26. The van der Waals surface area contributed by atoms with Gasteiger partial charge in [-0.2, -0.15) is 0 Å². The average molecular weight is 201 g/mol. The zero-order valence-corrected chi connectivity index (χ0v) is 9.45. The first-order valence-corrected chi connectivity index (χ1v) is 6.16. The van der Waals surface area contributed by atoms with Gasteiger partial charge in [0.2, 0.25) is 0 Å². The second kappa shape index (κ2) is 6.39. The van der Waals surface area contributed by atoms with E-state index in [1.54, 1.807) is 0 Å². The monoisotopic (exact) mass is 201 g/mol. The molecule has 0 saturated carbocycles. The SMILES string of the molecule is CCCCCCC1(F)CCCNCC1. The highest BCUT2D eigenvalue weighted by Crippen LogP contribution is 2.30. The van der Waals surface area contributed by atoms with Crippen molar-refractivity contribution in [3.63, 3.8) is 0 Å². The summed E-state index contributed by atoms with van der Waals surface area (Å²) in [6, 6.07) is 0. The third-order valence-electron chi connectivity index (χ3n) is 3.21. The average Bonchev–Trinajstić information content (AvgIpc) is 2.39. The van der Waals surface area contributed by atoms with Gasteiger partial charge in [-0.25, -0.2) is 4.39 Å². The Kier molecular flexibility index (Phi) is 5.46. The molecular weight excluding hydrogens is 177 g/mol. The molecule has 1 atom stereocenters. The molecule has 0 spiro atoms. The molecule has 1 nitrogen and oxygen atoms in total. The van der Waals surface area contributed by atoms with Crippen LogP contribution in [0.15, 0.2) is 0 Å². The molecule has 1 aliphatic heterocycles. The first kappa shape index (κ1) is 12.0. The van der Waals surface area contributed by atoms with E-state index in [4.69, 9.17) is 0 Å². The molecule has 1 fully saturated rings. The molecule has 0 radical (unpaired) electrons. The van der Waals surface area contributed by atoms with Crippen molar-refractivity contribution in [2.45, 2.75) is 64.0 Å². The van der Waals surface area contributed by atoms with Gasteiger partial charge in [-0.05, 0) is 38.8 Å². The molecule has 1 heterocycles. The van der Waals surface area contributed by atoms with Crippen LogP contribution in [0, 0.1) is 0 Å². The predicted octanol–water partition coefficient (Wildman–Crippen LogP) is 3.44. The van der Waals surface area contributed by atoms with Crippen LogP contribution >= 0.6 is 0 Å². The van der Waals surface area contributed by atoms with Gasteiger partial charge in [0.15, 0.2) is 0 Å².